The fourth-order valence-corrected chi connectivity index (χ4v) is 1.85. The number of benzene rings is 1. The van der Waals surface area contributed by atoms with Crippen LogP contribution in [-0.2, 0) is 6.42 Å². The Morgan fingerprint density at radius 1 is 1.12 bits per heavy atom. The van der Waals surface area contributed by atoms with Crippen LogP contribution in [0, 0.1) is 12.8 Å². The molecule has 1 heteroatoms. The number of hydrogen-bond donors (Lipinski definition) is 1. The van der Waals surface area contributed by atoms with Gasteiger partial charge in [0.25, 0.3) is 0 Å². The maximum absolute atomic E-state index is 3.49. The van der Waals surface area contributed by atoms with Crippen LogP contribution >= 0.6 is 0 Å². The van der Waals surface area contributed by atoms with Gasteiger partial charge in [0.2, 0.25) is 0 Å². The molecule has 1 nitrogen and oxygen atoms in total. The third-order valence-corrected chi connectivity index (χ3v) is 2.86. The fraction of sp³-hybridized carbons (Fsp3) is 0.600. The number of rotatable bonds is 7. The highest BCUT2D eigenvalue weighted by atomic mass is 14.8. The maximum atomic E-state index is 3.49. The lowest BCUT2D eigenvalue weighted by molar-refractivity contribution is 0.535. The molecule has 90 valence electrons. The standard InChI is InChI=1S/C15H25N/c1-13(2)12-16-11-7-6-10-15-9-5-4-8-14(15)3/h4-5,8-9,13,16H,6-7,10-12H2,1-3H3. The molecule has 0 bridgehead atoms. The summed E-state index contributed by atoms with van der Waals surface area (Å²) in [6.07, 6.45) is 3.78. The second-order valence-electron chi connectivity index (χ2n) is 4.98. The Labute approximate surface area is 100 Å². The molecule has 0 saturated heterocycles. The van der Waals surface area contributed by atoms with Crippen molar-refractivity contribution in [1.29, 1.82) is 0 Å². The predicted molar refractivity (Wildman–Crippen MR) is 71.8 cm³/mol. The molecule has 0 saturated carbocycles. The van der Waals surface area contributed by atoms with Gasteiger partial charge in [0.1, 0.15) is 0 Å². The molecule has 0 aliphatic rings. The summed E-state index contributed by atoms with van der Waals surface area (Å²) in [5.74, 6) is 0.761. The van der Waals surface area contributed by atoms with E-state index in [9.17, 15) is 0 Å². The van der Waals surface area contributed by atoms with Gasteiger partial charge in [0.05, 0.1) is 0 Å². The van der Waals surface area contributed by atoms with Crippen molar-refractivity contribution in [2.75, 3.05) is 13.1 Å². The minimum atomic E-state index is 0.761. The minimum Gasteiger partial charge on any atom is -0.316 e. The van der Waals surface area contributed by atoms with E-state index in [0.717, 1.165) is 19.0 Å². The Morgan fingerprint density at radius 3 is 2.56 bits per heavy atom. The van der Waals surface area contributed by atoms with Gasteiger partial charge >= 0.3 is 0 Å². The quantitative estimate of drug-likeness (QED) is 0.691. The van der Waals surface area contributed by atoms with Crippen molar-refractivity contribution < 1.29 is 0 Å². The zero-order valence-corrected chi connectivity index (χ0v) is 10.9. The van der Waals surface area contributed by atoms with Crippen molar-refractivity contribution in [3.8, 4) is 0 Å². The minimum absolute atomic E-state index is 0.761. The van der Waals surface area contributed by atoms with Crippen LogP contribution in [0.15, 0.2) is 24.3 Å². The fourth-order valence-electron chi connectivity index (χ4n) is 1.85. The molecule has 0 amide bonds. The van der Waals surface area contributed by atoms with Crippen LogP contribution in [0.5, 0.6) is 0 Å². The molecule has 1 rings (SSSR count). The van der Waals surface area contributed by atoms with E-state index >= 15 is 0 Å². The van der Waals surface area contributed by atoms with E-state index in [2.05, 4.69) is 50.4 Å². The van der Waals surface area contributed by atoms with Gasteiger partial charge in [-0.15, -0.1) is 0 Å². The zero-order chi connectivity index (χ0) is 11.8. The van der Waals surface area contributed by atoms with Gasteiger partial charge in [0.15, 0.2) is 0 Å². The van der Waals surface area contributed by atoms with Gasteiger partial charge in [0, 0.05) is 0 Å². The van der Waals surface area contributed by atoms with Crippen LogP contribution < -0.4 is 5.32 Å². The van der Waals surface area contributed by atoms with Crippen molar-refractivity contribution in [1.82, 2.24) is 5.32 Å². The van der Waals surface area contributed by atoms with Crippen molar-refractivity contribution >= 4 is 0 Å². The summed E-state index contributed by atoms with van der Waals surface area (Å²) in [5.41, 5.74) is 2.93. The highest BCUT2D eigenvalue weighted by Gasteiger charge is 1.97. The van der Waals surface area contributed by atoms with Gasteiger partial charge < -0.3 is 5.32 Å². The summed E-state index contributed by atoms with van der Waals surface area (Å²) in [6, 6.07) is 8.70. The van der Waals surface area contributed by atoms with Crippen LogP contribution in [-0.4, -0.2) is 13.1 Å². The van der Waals surface area contributed by atoms with Gasteiger partial charge in [-0.05, 0) is 56.3 Å². The maximum Gasteiger partial charge on any atom is -0.00258 e. The monoisotopic (exact) mass is 219 g/mol. The third kappa shape index (κ3) is 5.32. The van der Waals surface area contributed by atoms with Crippen LogP contribution in [0.25, 0.3) is 0 Å². The van der Waals surface area contributed by atoms with Crippen molar-refractivity contribution in [3.05, 3.63) is 35.4 Å². The second kappa shape index (κ2) is 7.45. The largest absolute Gasteiger partial charge is 0.316 e. The van der Waals surface area contributed by atoms with E-state index in [4.69, 9.17) is 0 Å². The van der Waals surface area contributed by atoms with E-state index in [1.165, 1.54) is 30.4 Å². The first-order valence-electron chi connectivity index (χ1n) is 6.45. The summed E-state index contributed by atoms with van der Waals surface area (Å²) in [7, 11) is 0. The van der Waals surface area contributed by atoms with Gasteiger partial charge in [-0.1, -0.05) is 38.1 Å². The van der Waals surface area contributed by atoms with Crippen LogP contribution in [0.1, 0.15) is 37.8 Å². The predicted octanol–water partition coefficient (Wildman–Crippen LogP) is 3.56. The molecule has 1 aromatic carbocycles. The lowest BCUT2D eigenvalue weighted by Gasteiger charge is -2.08. The molecule has 0 aliphatic heterocycles. The molecule has 0 aromatic heterocycles. The van der Waals surface area contributed by atoms with E-state index in [-0.39, 0.29) is 0 Å². The molecular formula is C15H25N. The SMILES string of the molecule is Cc1ccccc1CCCCNCC(C)C. The van der Waals surface area contributed by atoms with Gasteiger partial charge in [-0.3, -0.25) is 0 Å². The van der Waals surface area contributed by atoms with E-state index in [1.807, 2.05) is 0 Å². The molecule has 0 fully saturated rings. The lowest BCUT2D eigenvalue weighted by Crippen LogP contribution is -2.20. The molecule has 0 radical (unpaired) electrons. The van der Waals surface area contributed by atoms with Crippen LogP contribution in [0.3, 0.4) is 0 Å². The Kier molecular flexibility index (Phi) is 6.17. The van der Waals surface area contributed by atoms with Crippen LogP contribution in [0.4, 0.5) is 0 Å². The average Bonchev–Trinajstić information content (AvgIpc) is 2.25. The first-order chi connectivity index (χ1) is 7.70. The van der Waals surface area contributed by atoms with E-state index in [1.54, 1.807) is 0 Å². The molecular weight excluding hydrogens is 194 g/mol. The molecule has 0 unspecified atom stereocenters. The number of unbranched alkanes of at least 4 members (excludes halogenated alkanes) is 1. The van der Waals surface area contributed by atoms with Crippen LogP contribution in [0.2, 0.25) is 0 Å². The van der Waals surface area contributed by atoms with E-state index < -0.39 is 0 Å². The van der Waals surface area contributed by atoms with Crippen molar-refractivity contribution in [2.45, 2.75) is 40.0 Å². The third-order valence-electron chi connectivity index (χ3n) is 2.86. The van der Waals surface area contributed by atoms with Gasteiger partial charge in [-0.2, -0.15) is 0 Å². The number of hydrogen-bond acceptors (Lipinski definition) is 1. The Morgan fingerprint density at radius 2 is 1.88 bits per heavy atom. The highest BCUT2D eigenvalue weighted by molar-refractivity contribution is 5.25. The molecule has 0 spiro atoms. The Bertz CT molecular complexity index is 291. The first kappa shape index (κ1) is 13.2. The summed E-state index contributed by atoms with van der Waals surface area (Å²) >= 11 is 0. The second-order valence-corrected chi connectivity index (χ2v) is 4.98. The zero-order valence-electron chi connectivity index (χ0n) is 10.9. The molecule has 16 heavy (non-hydrogen) atoms. The summed E-state index contributed by atoms with van der Waals surface area (Å²) in [4.78, 5) is 0. The highest BCUT2D eigenvalue weighted by Crippen LogP contribution is 2.10. The summed E-state index contributed by atoms with van der Waals surface area (Å²) in [6.45, 7) is 9.00. The molecule has 1 N–H and O–H groups in total. The lowest BCUT2D eigenvalue weighted by atomic mass is 10.0. The summed E-state index contributed by atoms with van der Waals surface area (Å²) < 4.78 is 0. The summed E-state index contributed by atoms with van der Waals surface area (Å²) in [5, 5.41) is 3.49. The smallest absolute Gasteiger partial charge is 0.00258 e. The molecule has 0 heterocycles. The van der Waals surface area contributed by atoms with Crippen molar-refractivity contribution in [3.63, 3.8) is 0 Å². The Hall–Kier alpha value is -0.820. The first-order valence-corrected chi connectivity index (χ1v) is 6.45. The average molecular weight is 219 g/mol. The molecule has 1 aromatic rings. The molecule has 0 atom stereocenters. The number of aryl methyl sites for hydroxylation is 2. The topological polar surface area (TPSA) is 12.0 Å². The molecule has 0 aliphatic carbocycles. The van der Waals surface area contributed by atoms with Crippen molar-refractivity contribution in [2.24, 2.45) is 5.92 Å². The normalized spacial score (nSPS) is 11.0. The van der Waals surface area contributed by atoms with Gasteiger partial charge in [-0.25, -0.2) is 0 Å². The number of nitrogens with one attached hydrogen (secondary N) is 1. The Balaban J connectivity index is 2.10. The van der Waals surface area contributed by atoms with E-state index in [0.29, 0.717) is 0 Å².